The molecule has 2 N–H and O–H groups in total. The number of halogens is 2. The Morgan fingerprint density at radius 2 is 2.00 bits per heavy atom. The molecule has 19 heavy (non-hydrogen) atoms. The molecule has 0 heterocycles. The zero-order valence-electron chi connectivity index (χ0n) is 10.1. The van der Waals surface area contributed by atoms with Gasteiger partial charge in [-0.25, -0.2) is 4.39 Å². The third-order valence-corrected chi connectivity index (χ3v) is 2.81. The highest BCUT2D eigenvalue weighted by Gasteiger charge is 2.14. The van der Waals surface area contributed by atoms with Crippen LogP contribution in [0.2, 0.25) is 5.02 Å². The molecule has 0 saturated heterocycles. The number of nitrogens with one attached hydrogen (secondary N) is 1. The fraction of sp³-hybridized carbons (Fsp3) is 0.0714. The molecule has 2 aromatic rings. The van der Waals surface area contributed by atoms with Gasteiger partial charge in [0.15, 0.2) is 0 Å². The zero-order valence-corrected chi connectivity index (χ0v) is 10.8. The maximum absolute atomic E-state index is 13.5. The number of anilines is 1. The van der Waals surface area contributed by atoms with Crippen LogP contribution in [-0.2, 0) is 0 Å². The highest BCUT2D eigenvalue weighted by atomic mass is 35.5. The Kier molecular flexibility index (Phi) is 3.71. The number of carbonyl (C=O) groups is 1. The summed E-state index contributed by atoms with van der Waals surface area (Å²) in [5.41, 5.74) is 0.895. The van der Waals surface area contributed by atoms with Gasteiger partial charge in [-0.2, -0.15) is 0 Å². The van der Waals surface area contributed by atoms with Crippen molar-refractivity contribution in [3.05, 3.63) is 58.4 Å². The molecule has 0 spiro atoms. The van der Waals surface area contributed by atoms with Crippen LogP contribution in [0.25, 0.3) is 0 Å². The van der Waals surface area contributed by atoms with Gasteiger partial charge in [0.2, 0.25) is 0 Å². The minimum absolute atomic E-state index is 0.0733. The highest BCUT2D eigenvalue weighted by molar-refractivity contribution is 6.31. The SMILES string of the molecule is Cc1ccc(NC(=O)c2cc(Cl)ccc2F)c(O)c1. The topological polar surface area (TPSA) is 49.3 Å². The van der Waals surface area contributed by atoms with Gasteiger partial charge in [-0.15, -0.1) is 0 Å². The smallest absolute Gasteiger partial charge is 0.258 e. The Labute approximate surface area is 114 Å². The van der Waals surface area contributed by atoms with Crippen molar-refractivity contribution in [3.8, 4) is 5.75 Å². The third-order valence-electron chi connectivity index (χ3n) is 2.57. The van der Waals surface area contributed by atoms with Crippen molar-refractivity contribution in [2.75, 3.05) is 5.32 Å². The van der Waals surface area contributed by atoms with Gasteiger partial charge in [0.05, 0.1) is 11.3 Å². The number of hydrogen-bond acceptors (Lipinski definition) is 2. The van der Waals surface area contributed by atoms with E-state index in [4.69, 9.17) is 11.6 Å². The van der Waals surface area contributed by atoms with E-state index in [2.05, 4.69) is 5.32 Å². The first-order chi connectivity index (χ1) is 8.97. The molecule has 0 aliphatic heterocycles. The lowest BCUT2D eigenvalue weighted by molar-refractivity contribution is 0.102. The van der Waals surface area contributed by atoms with E-state index in [1.807, 2.05) is 6.92 Å². The standard InChI is InChI=1S/C14H11ClFNO2/c1-8-2-5-12(13(18)6-8)17-14(19)10-7-9(15)3-4-11(10)16/h2-7,18H,1H3,(H,17,19). The summed E-state index contributed by atoms with van der Waals surface area (Å²) in [5, 5.41) is 12.4. The minimum Gasteiger partial charge on any atom is -0.506 e. The fourth-order valence-corrected chi connectivity index (χ4v) is 1.78. The van der Waals surface area contributed by atoms with Crippen molar-refractivity contribution in [3.63, 3.8) is 0 Å². The van der Waals surface area contributed by atoms with Crippen LogP contribution in [0.5, 0.6) is 5.75 Å². The first-order valence-electron chi connectivity index (χ1n) is 5.53. The van der Waals surface area contributed by atoms with Gasteiger partial charge in [-0.05, 0) is 42.8 Å². The summed E-state index contributed by atoms with van der Waals surface area (Å²) in [5.74, 6) is -1.41. The first-order valence-corrected chi connectivity index (χ1v) is 5.91. The zero-order chi connectivity index (χ0) is 14.0. The van der Waals surface area contributed by atoms with Crippen LogP contribution in [0.3, 0.4) is 0 Å². The number of benzene rings is 2. The second-order valence-corrected chi connectivity index (χ2v) is 4.54. The van der Waals surface area contributed by atoms with Gasteiger partial charge in [0.25, 0.3) is 5.91 Å². The molecule has 0 bridgehead atoms. The molecule has 0 aliphatic carbocycles. The molecule has 5 heteroatoms. The fourth-order valence-electron chi connectivity index (χ4n) is 1.61. The molecule has 0 aliphatic rings. The second kappa shape index (κ2) is 5.28. The summed E-state index contributed by atoms with van der Waals surface area (Å²) < 4.78 is 13.5. The molecule has 0 fully saturated rings. The van der Waals surface area contributed by atoms with Crippen molar-refractivity contribution in [1.82, 2.24) is 0 Å². The van der Waals surface area contributed by atoms with Crippen molar-refractivity contribution in [2.24, 2.45) is 0 Å². The lowest BCUT2D eigenvalue weighted by atomic mass is 10.1. The monoisotopic (exact) mass is 279 g/mol. The van der Waals surface area contributed by atoms with Crippen LogP contribution in [0.1, 0.15) is 15.9 Å². The number of rotatable bonds is 2. The van der Waals surface area contributed by atoms with Crippen LogP contribution < -0.4 is 5.32 Å². The van der Waals surface area contributed by atoms with E-state index < -0.39 is 11.7 Å². The Balaban J connectivity index is 2.28. The minimum atomic E-state index is -0.673. The molecular formula is C14H11ClFNO2. The van der Waals surface area contributed by atoms with Crippen molar-refractivity contribution in [2.45, 2.75) is 6.92 Å². The summed E-state index contributed by atoms with van der Waals surface area (Å²) in [6.45, 7) is 1.81. The van der Waals surface area contributed by atoms with Gasteiger partial charge in [0.1, 0.15) is 11.6 Å². The molecule has 0 atom stereocenters. The van der Waals surface area contributed by atoms with Gasteiger partial charge >= 0.3 is 0 Å². The largest absolute Gasteiger partial charge is 0.506 e. The predicted octanol–water partition coefficient (Wildman–Crippen LogP) is 3.75. The number of aryl methyl sites for hydroxylation is 1. The normalized spacial score (nSPS) is 10.3. The number of aromatic hydroxyl groups is 1. The average molecular weight is 280 g/mol. The van der Waals surface area contributed by atoms with Gasteiger partial charge in [0, 0.05) is 5.02 Å². The number of amides is 1. The van der Waals surface area contributed by atoms with Crippen molar-refractivity contribution >= 4 is 23.2 Å². The van der Waals surface area contributed by atoms with Crippen molar-refractivity contribution in [1.29, 1.82) is 0 Å². The van der Waals surface area contributed by atoms with E-state index in [1.165, 1.54) is 18.2 Å². The Morgan fingerprint density at radius 1 is 1.26 bits per heavy atom. The number of phenols is 1. The Bertz CT molecular complexity index is 643. The van der Waals surface area contributed by atoms with Crippen LogP contribution in [-0.4, -0.2) is 11.0 Å². The summed E-state index contributed by atoms with van der Waals surface area (Å²) in [4.78, 5) is 11.9. The molecule has 2 rings (SSSR count). The van der Waals surface area contributed by atoms with E-state index in [9.17, 15) is 14.3 Å². The van der Waals surface area contributed by atoms with Crippen LogP contribution in [0.4, 0.5) is 10.1 Å². The molecule has 0 aromatic heterocycles. The molecule has 0 radical (unpaired) electrons. The lowest BCUT2D eigenvalue weighted by Gasteiger charge is -2.08. The van der Waals surface area contributed by atoms with E-state index in [0.29, 0.717) is 0 Å². The Hall–Kier alpha value is -2.07. The quantitative estimate of drug-likeness (QED) is 0.823. The third kappa shape index (κ3) is 3.03. The van der Waals surface area contributed by atoms with Gasteiger partial charge in [-0.3, -0.25) is 4.79 Å². The summed E-state index contributed by atoms with van der Waals surface area (Å²) in [6.07, 6.45) is 0. The predicted molar refractivity (Wildman–Crippen MR) is 72.2 cm³/mol. The van der Waals surface area contributed by atoms with E-state index in [-0.39, 0.29) is 22.0 Å². The molecular weight excluding hydrogens is 269 g/mol. The lowest BCUT2D eigenvalue weighted by Crippen LogP contribution is -2.13. The molecule has 0 saturated carbocycles. The highest BCUT2D eigenvalue weighted by Crippen LogP contribution is 2.25. The second-order valence-electron chi connectivity index (χ2n) is 4.10. The number of carbonyl (C=O) groups excluding carboxylic acids is 1. The molecule has 2 aromatic carbocycles. The maximum atomic E-state index is 13.5. The first kappa shape index (κ1) is 13.4. The van der Waals surface area contributed by atoms with Gasteiger partial charge in [-0.1, -0.05) is 17.7 Å². The summed E-state index contributed by atoms with van der Waals surface area (Å²) in [6, 6.07) is 8.49. The Morgan fingerprint density at radius 3 is 2.68 bits per heavy atom. The number of phenolic OH excluding ortho intramolecular Hbond substituents is 1. The van der Waals surface area contributed by atoms with E-state index in [0.717, 1.165) is 11.6 Å². The summed E-state index contributed by atoms with van der Waals surface area (Å²) in [7, 11) is 0. The molecule has 0 unspecified atom stereocenters. The number of hydrogen-bond donors (Lipinski definition) is 2. The van der Waals surface area contributed by atoms with Crippen molar-refractivity contribution < 1.29 is 14.3 Å². The van der Waals surface area contributed by atoms with Crippen LogP contribution in [0, 0.1) is 12.7 Å². The van der Waals surface area contributed by atoms with Gasteiger partial charge < -0.3 is 10.4 Å². The molecule has 3 nitrogen and oxygen atoms in total. The maximum Gasteiger partial charge on any atom is 0.258 e. The molecule has 1 amide bonds. The average Bonchev–Trinajstić information content (AvgIpc) is 2.35. The molecule has 98 valence electrons. The van der Waals surface area contributed by atoms with E-state index in [1.54, 1.807) is 12.1 Å². The van der Waals surface area contributed by atoms with E-state index >= 15 is 0 Å². The summed E-state index contributed by atoms with van der Waals surface area (Å²) >= 11 is 5.72. The van der Waals surface area contributed by atoms with Crippen LogP contribution in [0.15, 0.2) is 36.4 Å². The van der Waals surface area contributed by atoms with Crippen LogP contribution >= 0.6 is 11.6 Å².